The number of carbonyl (C=O) groups is 2. The third kappa shape index (κ3) is 2.80. The topological polar surface area (TPSA) is 89.9 Å². The first-order valence-electron chi connectivity index (χ1n) is 5.73. The Balaban J connectivity index is 2.31. The van der Waals surface area contributed by atoms with Crippen molar-refractivity contribution >= 4 is 23.5 Å². The van der Waals surface area contributed by atoms with Crippen LogP contribution in [0.1, 0.15) is 10.4 Å². The van der Waals surface area contributed by atoms with Crippen LogP contribution in [0.25, 0.3) is 0 Å². The van der Waals surface area contributed by atoms with Gasteiger partial charge in [0, 0.05) is 19.6 Å². The van der Waals surface area contributed by atoms with E-state index in [1.807, 2.05) is 0 Å². The molecule has 1 aliphatic rings. The second-order valence-corrected chi connectivity index (χ2v) is 4.63. The number of rotatable bonds is 2. The lowest BCUT2D eigenvalue weighted by atomic mass is 10.1. The fourth-order valence-electron chi connectivity index (χ4n) is 2.00. The number of carboxylic acids is 1. The van der Waals surface area contributed by atoms with Crippen molar-refractivity contribution in [3.05, 3.63) is 28.8 Å². The molecule has 0 aromatic heterocycles. The lowest BCUT2D eigenvalue weighted by Crippen LogP contribution is -2.57. The molecule has 1 aromatic carbocycles. The molecule has 0 aliphatic carbocycles. The maximum atomic E-state index is 12.3. The molecule has 0 radical (unpaired) electrons. The average molecular weight is 285 g/mol. The molecule has 1 amide bonds. The Morgan fingerprint density at radius 1 is 1.42 bits per heavy atom. The van der Waals surface area contributed by atoms with E-state index in [1.165, 1.54) is 23.1 Å². The summed E-state index contributed by atoms with van der Waals surface area (Å²) in [6, 6.07) is 3.08. The summed E-state index contributed by atoms with van der Waals surface area (Å²) in [4.78, 5) is 24.7. The van der Waals surface area contributed by atoms with Crippen LogP contribution in [-0.2, 0) is 4.79 Å². The van der Waals surface area contributed by atoms with Crippen LogP contribution in [0, 0.1) is 0 Å². The van der Waals surface area contributed by atoms with Crippen LogP contribution in [0.4, 0.5) is 0 Å². The Morgan fingerprint density at radius 3 is 2.84 bits per heavy atom. The summed E-state index contributed by atoms with van der Waals surface area (Å²) in [6.07, 6.45) is 0. The Labute approximate surface area is 114 Å². The van der Waals surface area contributed by atoms with Gasteiger partial charge in [-0.15, -0.1) is 0 Å². The molecule has 6 nitrogen and oxygen atoms in total. The van der Waals surface area contributed by atoms with Gasteiger partial charge in [-0.1, -0.05) is 11.6 Å². The van der Waals surface area contributed by atoms with Gasteiger partial charge < -0.3 is 20.4 Å². The van der Waals surface area contributed by atoms with Crippen molar-refractivity contribution in [2.24, 2.45) is 0 Å². The molecule has 2 rings (SSSR count). The first kappa shape index (κ1) is 13.6. The predicted octanol–water partition coefficient (Wildman–Crippen LogP) is 0.544. The standard InChI is InChI=1S/C12H13ClN2O4/c13-9-2-1-7(16)5-8(9)11(17)15-4-3-14-6-10(15)12(18)19/h1-2,5,10,14,16H,3-4,6H2,(H,18,19). The number of phenols is 1. The van der Waals surface area contributed by atoms with Crippen molar-refractivity contribution in [3.8, 4) is 5.75 Å². The number of halogens is 1. The molecule has 7 heteroatoms. The molecule has 3 N–H and O–H groups in total. The van der Waals surface area contributed by atoms with Crippen molar-refractivity contribution in [2.75, 3.05) is 19.6 Å². The van der Waals surface area contributed by atoms with Gasteiger partial charge in [0.15, 0.2) is 0 Å². The van der Waals surface area contributed by atoms with Crippen molar-refractivity contribution in [1.29, 1.82) is 0 Å². The van der Waals surface area contributed by atoms with Gasteiger partial charge in [-0.25, -0.2) is 4.79 Å². The number of hydrogen-bond donors (Lipinski definition) is 3. The van der Waals surface area contributed by atoms with Crippen molar-refractivity contribution in [2.45, 2.75) is 6.04 Å². The summed E-state index contributed by atoms with van der Waals surface area (Å²) >= 11 is 5.92. The number of aliphatic carboxylic acids is 1. The second kappa shape index (κ2) is 5.46. The van der Waals surface area contributed by atoms with Crippen molar-refractivity contribution in [3.63, 3.8) is 0 Å². The van der Waals surface area contributed by atoms with Crippen molar-refractivity contribution < 1.29 is 19.8 Å². The molecular weight excluding hydrogens is 272 g/mol. The van der Waals surface area contributed by atoms with E-state index < -0.39 is 17.9 Å². The molecule has 1 saturated heterocycles. The van der Waals surface area contributed by atoms with Crippen LogP contribution in [0.2, 0.25) is 5.02 Å². The van der Waals surface area contributed by atoms with E-state index in [0.717, 1.165) is 0 Å². The van der Waals surface area contributed by atoms with Gasteiger partial charge >= 0.3 is 5.97 Å². The van der Waals surface area contributed by atoms with Gasteiger partial charge in [0.1, 0.15) is 11.8 Å². The summed E-state index contributed by atoms with van der Waals surface area (Å²) in [5, 5.41) is 21.6. The van der Waals surface area contributed by atoms with E-state index in [-0.39, 0.29) is 29.4 Å². The number of amides is 1. The van der Waals surface area contributed by atoms with Gasteiger partial charge in [-0.3, -0.25) is 4.79 Å². The number of carboxylic acid groups (broad SMARTS) is 1. The fraction of sp³-hybridized carbons (Fsp3) is 0.333. The number of carbonyl (C=O) groups excluding carboxylic acids is 1. The highest BCUT2D eigenvalue weighted by Gasteiger charge is 2.33. The zero-order chi connectivity index (χ0) is 14.0. The smallest absolute Gasteiger partial charge is 0.327 e. The minimum atomic E-state index is -1.07. The first-order valence-corrected chi connectivity index (χ1v) is 6.11. The fourth-order valence-corrected chi connectivity index (χ4v) is 2.20. The second-order valence-electron chi connectivity index (χ2n) is 4.22. The van der Waals surface area contributed by atoms with Gasteiger partial charge in [-0.2, -0.15) is 0 Å². The number of hydrogen-bond acceptors (Lipinski definition) is 4. The van der Waals surface area contributed by atoms with E-state index in [9.17, 15) is 14.7 Å². The van der Waals surface area contributed by atoms with E-state index >= 15 is 0 Å². The number of nitrogens with one attached hydrogen (secondary N) is 1. The van der Waals surface area contributed by atoms with Crippen LogP contribution < -0.4 is 5.32 Å². The summed E-state index contributed by atoms with van der Waals surface area (Å²) in [6.45, 7) is 0.991. The average Bonchev–Trinajstić information content (AvgIpc) is 2.40. The SMILES string of the molecule is O=C(O)C1CNCCN1C(=O)c1cc(O)ccc1Cl. The monoisotopic (exact) mass is 284 g/mol. The van der Waals surface area contributed by atoms with E-state index in [2.05, 4.69) is 5.32 Å². The Hall–Kier alpha value is -1.79. The number of nitrogens with zero attached hydrogens (tertiary/aromatic N) is 1. The highest BCUT2D eigenvalue weighted by atomic mass is 35.5. The molecule has 1 aliphatic heterocycles. The van der Waals surface area contributed by atoms with Gasteiger partial charge in [0.2, 0.25) is 0 Å². The summed E-state index contributed by atoms with van der Waals surface area (Å²) < 4.78 is 0. The Kier molecular flexibility index (Phi) is 3.92. The Bertz CT molecular complexity index is 520. The molecule has 0 spiro atoms. The molecule has 1 atom stereocenters. The van der Waals surface area contributed by atoms with E-state index in [1.54, 1.807) is 0 Å². The number of phenolic OH excluding ortho intramolecular Hbond substituents is 1. The number of aromatic hydroxyl groups is 1. The first-order chi connectivity index (χ1) is 9.00. The van der Waals surface area contributed by atoms with E-state index in [0.29, 0.717) is 6.54 Å². The van der Waals surface area contributed by atoms with Crippen LogP contribution in [0.3, 0.4) is 0 Å². The zero-order valence-electron chi connectivity index (χ0n) is 9.97. The molecule has 1 heterocycles. The summed E-state index contributed by atoms with van der Waals surface area (Å²) in [7, 11) is 0. The predicted molar refractivity (Wildman–Crippen MR) is 68.4 cm³/mol. The minimum absolute atomic E-state index is 0.0882. The van der Waals surface area contributed by atoms with Gasteiger partial charge in [0.05, 0.1) is 10.6 Å². The van der Waals surface area contributed by atoms with Gasteiger partial charge in [0.25, 0.3) is 5.91 Å². The summed E-state index contributed by atoms with van der Waals surface area (Å²) in [5.74, 6) is -1.65. The lowest BCUT2D eigenvalue weighted by molar-refractivity contribution is -0.142. The van der Waals surface area contributed by atoms with Crippen LogP contribution in [0.15, 0.2) is 18.2 Å². The van der Waals surface area contributed by atoms with Crippen molar-refractivity contribution in [1.82, 2.24) is 10.2 Å². The maximum absolute atomic E-state index is 12.3. The highest BCUT2D eigenvalue weighted by molar-refractivity contribution is 6.33. The third-order valence-corrected chi connectivity index (χ3v) is 3.30. The summed E-state index contributed by atoms with van der Waals surface area (Å²) in [5.41, 5.74) is 0.106. The molecule has 1 aromatic rings. The molecular formula is C12H13ClN2O4. The quantitative estimate of drug-likeness (QED) is 0.738. The molecule has 1 unspecified atom stereocenters. The van der Waals surface area contributed by atoms with Gasteiger partial charge in [-0.05, 0) is 18.2 Å². The molecule has 0 saturated carbocycles. The maximum Gasteiger partial charge on any atom is 0.327 e. The molecule has 1 fully saturated rings. The third-order valence-electron chi connectivity index (χ3n) is 2.97. The van der Waals surface area contributed by atoms with E-state index in [4.69, 9.17) is 16.7 Å². The minimum Gasteiger partial charge on any atom is -0.508 e. The Morgan fingerprint density at radius 2 is 2.16 bits per heavy atom. The lowest BCUT2D eigenvalue weighted by Gasteiger charge is -2.33. The number of piperazine rings is 1. The zero-order valence-corrected chi connectivity index (χ0v) is 10.7. The van der Waals surface area contributed by atoms with Crippen LogP contribution in [0.5, 0.6) is 5.75 Å². The molecule has 19 heavy (non-hydrogen) atoms. The van der Waals surface area contributed by atoms with Crippen LogP contribution >= 0.6 is 11.6 Å². The molecule has 0 bridgehead atoms. The largest absolute Gasteiger partial charge is 0.508 e. The van der Waals surface area contributed by atoms with Crippen LogP contribution in [-0.4, -0.2) is 52.7 Å². The molecule has 102 valence electrons. The number of benzene rings is 1. The normalized spacial score (nSPS) is 19.2. The highest BCUT2D eigenvalue weighted by Crippen LogP contribution is 2.23.